The number of hydrogen-bond donors (Lipinski definition) is 1. The van der Waals surface area contributed by atoms with Gasteiger partial charge in [-0.2, -0.15) is 4.31 Å². The Morgan fingerprint density at radius 2 is 1.86 bits per heavy atom. The summed E-state index contributed by atoms with van der Waals surface area (Å²) in [5.41, 5.74) is 0.259. The zero-order valence-corrected chi connectivity index (χ0v) is 17.7. The number of methoxy groups -OCH3 is 1. The molecule has 28 heavy (non-hydrogen) atoms. The Hall–Kier alpha value is -1.64. The van der Waals surface area contributed by atoms with Crippen LogP contribution in [0.1, 0.15) is 55.3 Å². The summed E-state index contributed by atoms with van der Waals surface area (Å²) >= 11 is 6.13. The summed E-state index contributed by atoms with van der Waals surface area (Å²) < 4.78 is 31.7. The van der Waals surface area contributed by atoms with Crippen LogP contribution in [0.15, 0.2) is 23.1 Å². The number of benzene rings is 1. The zero-order chi connectivity index (χ0) is 20.6. The molecule has 0 bridgehead atoms. The molecule has 0 aliphatic carbocycles. The fourth-order valence-electron chi connectivity index (χ4n) is 3.06. The lowest BCUT2D eigenvalue weighted by Gasteiger charge is -2.26. The Labute approximate surface area is 171 Å². The maximum atomic E-state index is 12.9. The molecule has 156 valence electrons. The molecule has 1 aromatic carbocycles. The second-order valence-electron chi connectivity index (χ2n) is 6.75. The number of piperidine rings is 1. The summed E-state index contributed by atoms with van der Waals surface area (Å²) in [5, 5.41) is 2.89. The van der Waals surface area contributed by atoms with Crippen LogP contribution in [0, 0.1) is 0 Å². The summed E-state index contributed by atoms with van der Waals surface area (Å²) in [6.45, 7) is 1.39. The number of nitrogens with one attached hydrogen (secondary N) is 1. The first kappa shape index (κ1) is 22.6. The topological polar surface area (TPSA) is 92.8 Å². The quantitative estimate of drug-likeness (QED) is 0.480. The van der Waals surface area contributed by atoms with Crippen molar-refractivity contribution in [2.45, 2.75) is 49.8 Å². The predicted octanol–water partition coefficient (Wildman–Crippen LogP) is 2.98. The van der Waals surface area contributed by atoms with E-state index in [0.29, 0.717) is 32.5 Å². The van der Waals surface area contributed by atoms with Crippen LogP contribution in [0.4, 0.5) is 0 Å². The van der Waals surface area contributed by atoms with Crippen molar-refractivity contribution in [1.29, 1.82) is 0 Å². The van der Waals surface area contributed by atoms with Crippen molar-refractivity contribution in [3.8, 4) is 0 Å². The van der Waals surface area contributed by atoms with Gasteiger partial charge < -0.3 is 10.1 Å². The molecule has 0 saturated carbocycles. The average molecular weight is 431 g/mol. The Bertz CT molecular complexity index is 792. The predicted molar refractivity (Wildman–Crippen MR) is 107 cm³/mol. The third kappa shape index (κ3) is 6.18. The third-order valence-corrected chi connectivity index (χ3v) is 7.08. The molecule has 9 heteroatoms. The molecule has 1 saturated heterocycles. The molecule has 0 atom stereocenters. The number of amides is 1. The van der Waals surface area contributed by atoms with E-state index in [1.807, 2.05) is 0 Å². The fourth-order valence-corrected chi connectivity index (χ4v) is 5.08. The van der Waals surface area contributed by atoms with Gasteiger partial charge in [-0.1, -0.05) is 24.4 Å². The molecule has 1 aliphatic rings. The highest BCUT2D eigenvalue weighted by Crippen LogP contribution is 2.27. The van der Waals surface area contributed by atoms with Gasteiger partial charge in [0.1, 0.15) is 4.90 Å². The highest BCUT2D eigenvalue weighted by atomic mass is 35.5. The van der Waals surface area contributed by atoms with Crippen LogP contribution in [0.25, 0.3) is 0 Å². The Morgan fingerprint density at radius 1 is 1.14 bits per heavy atom. The van der Waals surface area contributed by atoms with Crippen molar-refractivity contribution in [3.63, 3.8) is 0 Å². The number of carbonyl (C=O) groups is 2. The van der Waals surface area contributed by atoms with Crippen molar-refractivity contribution < 1.29 is 22.7 Å². The van der Waals surface area contributed by atoms with Crippen molar-refractivity contribution in [2.24, 2.45) is 0 Å². The van der Waals surface area contributed by atoms with E-state index in [1.165, 1.54) is 29.6 Å². The van der Waals surface area contributed by atoms with Gasteiger partial charge in [0.15, 0.2) is 0 Å². The van der Waals surface area contributed by atoms with E-state index >= 15 is 0 Å². The Kier molecular flexibility index (Phi) is 8.72. The molecule has 1 N–H and O–H groups in total. The number of halogens is 1. The van der Waals surface area contributed by atoms with Crippen LogP contribution in [0.3, 0.4) is 0 Å². The van der Waals surface area contributed by atoms with E-state index < -0.39 is 10.0 Å². The highest BCUT2D eigenvalue weighted by Gasteiger charge is 2.28. The number of esters is 1. The zero-order valence-electron chi connectivity index (χ0n) is 16.1. The minimum absolute atomic E-state index is 0.0261. The minimum Gasteiger partial charge on any atom is -0.469 e. The molecule has 1 aromatic rings. The fraction of sp³-hybridized carbons (Fsp3) is 0.579. The lowest BCUT2D eigenvalue weighted by atomic mass is 10.2. The minimum atomic E-state index is -3.71. The summed E-state index contributed by atoms with van der Waals surface area (Å²) in [6.07, 6.45) is 5.22. The van der Waals surface area contributed by atoms with Gasteiger partial charge in [0.2, 0.25) is 10.0 Å². The summed E-state index contributed by atoms with van der Waals surface area (Å²) in [5.74, 6) is -0.590. The highest BCUT2D eigenvalue weighted by molar-refractivity contribution is 7.89. The SMILES string of the molecule is COC(=O)CCCCCNC(=O)c1ccc(Cl)c(S(=O)(=O)N2CCCCC2)c1. The largest absolute Gasteiger partial charge is 0.469 e. The number of hydrogen-bond acceptors (Lipinski definition) is 5. The number of rotatable bonds is 9. The molecule has 1 fully saturated rings. The van der Waals surface area contributed by atoms with Gasteiger partial charge in [-0.25, -0.2) is 8.42 Å². The van der Waals surface area contributed by atoms with Crippen LogP contribution >= 0.6 is 11.6 Å². The monoisotopic (exact) mass is 430 g/mol. The van der Waals surface area contributed by atoms with Crippen LogP contribution in [0.2, 0.25) is 5.02 Å². The van der Waals surface area contributed by atoms with Crippen LogP contribution in [0.5, 0.6) is 0 Å². The van der Waals surface area contributed by atoms with Gasteiger partial charge in [0.25, 0.3) is 5.91 Å². The molecule has 1 heterocycles. The molecule has 7 nitrogen and oxygen atoms in total. The summed E-state index contributed by atoms with van der Waals surface area (Å²) in [6, 6.07) is 4.31. The molecule has 1 amide bonds. The summed E-state index contributed by atoms with van der Waals surface area (Å²) in [7, 11) is -2.36. The molecule has 0 spiro atoms. The van der Waals surface area contributed by atoms with Crippen molar-refractivity contribution >= 4 is 33.5 Å². The molecule has 1 aliphatic heterocycles. The van der Waals surface area contributed by atoms with E-state index in [2.05, 4.69) is 10.1 Å². The maximum Gasteiger partial charge on any atom is 0.305 e. The van der Waals surface area contributed by atoms with E-state index in [9.17, 15) is 18.0 Å². The normalized spacial score (nSPS) is 15.2. The Balaban J connectivity index is 1.94. The Morgan fingerprint density at radius 3 is 2.54 bits per heavy atom. The van der Waals surface area contributed by atoms with E-state index in [1.54, 1.807) is 0 Å². The first-order valence-electron chi connectivity index (χ1n) is 9.51. The number of nitrogens with zero attached hydrogens (tertiary/aromatic N) is 1. The van der Waals surface area contributed by atoms with E-state index in [-0.39, 0.29) is 27.4 Å². The van der Waals surface area contributed by atoms with Gasteiger partial charge in [-0.05, 0) is 43.9 Å². The van der Waals surface area contributed by atoms with Gasteiger partial charge in [0.05, 0.1) is 12.1 Å². The first-order chi connectivity index (χ1) is 13.4. The molecule has 0 aromatic heterocycles. The first-order valence-corrected chi connectivity index (χ1v) is 11.3. The average Bonchev–Trinajstić information content (AvgIpc) is 2.71. The second kappa shape index (κ2) is 10.8. The van der Waals surface area contributed by atoms with E-state index in [4.69, 9.17) is 11.6 Å². The van der Waals surface area contributed by atoms with Gasteiger partial charge in [0, 0.05) is 31.6 Å². The second-order valence-corrected chi connectivity index (χ2v) is 9.07. The van der Waals surface area contributed by atoms with Crippen LogP contribution < -0.4 is 5.32 Å². The third-order valence-electron chi connectivity index (χ3n) is 4.70. The van der Waals surface area contributed by atoms with E-state index in [0.717, 1.165) is 32.1 Å². The van der Waals surface area contributed by atoms with Gasteiger partial charge in [-0.15, -0.1) is 0 Å². The van der Waals surface area contributed by atoms with Crippen molar-refractivity contribution in [3.05, 3.63) is 28.8 Å². The lowest BCUT2D eigenvalue weighted by molar-refractivity contribution is -0.140. The van der Waals surface area contributed by atoms with Crippen molar-refractivity contribution in [1.82, 2.24) is 9.62 Å². The van der Waals surface area contributed by atoms with Crippen LogP contribution in [-0.2, 0) is 19.6 Å². The van der Waals surface area contributed by atoms with Gasteiger partial charge >= 0.3 is 5.97 Å². The number of sulfonamides is 1. The molecular formula is C19H27ClN2O5S. The summed E-state index contributed by atoms with van der Waals surface area (Å²) in [4.78, 5) is 23.4. The van der Waals surface area contributed by atoms with Crippen molar-refractivity contribution in [2.75, 3.05) is 26.7 Å². The van der Waals surface area contributed by atoms with Crippen LogP contribution in [-0.4, -0.2) is 51.3 Å². The number of unbranched alkanes of at least 4 members (excludes halogenated alkanes) is 2. The lowest BCUT2D eigenvalue weighted by Crippen LogP contribution is -2.36. The number of carbonyl (C=O) groups excluding carboxylic acids is 2. The molecule has 0 radical (unpaired) electrons. The molecule has 0 unspecified atom stereocenters. The molecular weight excluding hydrogens is 404 g/mol. The number of ether oxygens (including phenoxy) is 1. The van der Waals surface area contributed by atoms with Gasteiger partial charge in [-0.3, -0.25) is 9.59 Å². The standard InChI is InChI=1S/C19H27ClN2O5S/c1-27-18(23)8-4-2-5-11-21-19(24)15-9-10-16(20)17(14-15)28(25,26)22-12-6-3-7-13-22/h9-10,14H,2-8,11-13H2,1H3,(H,21,24). The molecule has 2 rings (SSSR count). The maximum absolute atomic E-state index is 12.9. The smallest absolute Gasteiger partial charge is 0.305 e.